The van der Waals surface area contributed by atoms with Gasteiger partial charge in [-0.2, -0.15) is 0 Å². The largest absolute Gasteiger partial charge is 0.305 e. The highest BCUT2D eigenvalue weighted by molar-refractivity contribution is 7.92. The van der Waals surface area contributed by atoms with Crippen LogP contribution in [0.15, 0.2) is 65.6 Å². The van der Waals surface area contributed by atoms with Crippen LogP contribution in [0.3, 0.4) is 0 Å². The summed E-state index contributed by atoms with van der Waals surface area (Å²) in [4.78, 5) is 15.2. The molecule has 1 amide bonds. The molecule has 0 aromatic heterocycles. The molecule has 0 saturated carbocycles. The Labute approximate surface area is 183 Å². The Kier molecular flexibility index (Phi) is 5.35. The van der Waals surface area contributed by atoms with E-state index in [0.717, 1.165) is 28.8 Å². The molecule has 4 rings (SSSR count). The predicted molar refractivity (Wildman–Crippen MR) is 124 cm³/mol. The second-order valence-corrected chi connectivity index (χ2v) is 9.97. The minimum atomic E-state index is -3.85. The highest BCUT2D eigenvalue weighted by atomic mass is 32.2. The van der Waals surface area contributed by atoms with Crippen LogP contribution in [0.2, 0.25) is 0 Å². The van der Waals surface area contributed by atoms with Crippen LogP contribution >= 0.6 is 0 Å². The van der Waals surface area contributed by atoms with Gasteiger partial charge < -0.3 is 4.90 Å². The van der Waals surface area contributed by atoms with Crippen LogP contribution in [0.1, 0.15) is 39.5 Å². The normalized spacial score (nSPS) is 15.6. The monoisotopic (exact) mass is 434 g/mol. The van der Waals surface area contributed by atoms with E-state index in [-0.39, 0.29) is 16.8 Å². The number of hydrogen-bond donors (Lipinski definition) is 1. The van der Waals surface area contributed by atoms with Gasteiger partial charge in [-0.1, -0.05) is 30.3 Å². The average Bonchev–Trinajstić information content (AvgIpc) is 3.02. The van der Waals surface area contributed by atoms with Gasteiger partial charge in [0, 0.05) is 23.0 Å². The maximum atomic E-state index is 13.4. The number of carbonyl (C=O) groups excluding carboxylic acids is 1. The molecule has 0 bridgehead atoms. The number of hydrogen-bond acceptors (Lipinski definition) is 3. The van der Waals surface area contributed by atoms with Crippen molar-refractivity contribution in [1.82, 2.24) is 0 Å². The van der Waals surface area contributed by atoms with Crippen LogP contribution in [-0.2, 0) is 16.4 Å². The zero-order chi connectivity index (χ0) is 22.3. The van der Waals surface area contributed by atoms with Gasteiger partial charge in [0.25, 0.3) is 15.9 Å². The first-order valence-corrected chi connectivity index (χ1v) is 11.8. The Balaban J connectivity index is 1.69. The molecular formula is C25H26N2O3S. The summed E-state index contributed by atoms with van der Waals surface area (Å²) in [6, 6.07) is 18.3. The molecule has 0 aliphatic carbocycles. The van der Waals surface area contributed by atoms with Crippen molar-refractivity contribution >= 4 is 27.3 Å². The van der Waals surface area contributed by atoms with Gasteiger partial charge in [0.15, 0.2) is 0 Å². The van der Waals surface area contributed by atoms with Gasteiger partial charge in [-0.15, -0.1) is 0 Å². The number of nitrogens with one attached hydrogen (secondary N) is 1. The zero-order valence-corrected chi connectivity index (χ0v) is 19.0. The van der Waals surface area contributed by atoms with E-state index >= 15 is 0 Å². The molecule has 0 fully saturated rings. The molecule has 6 heteroatoms. The van der Waals surface area contributed by atoms with E-state index in [9.17, 15) is 13.2 Å². The Hall–Kier alpha value is -3.12. The molecule has 3 aromatic rings. The van der Waals surface area contributed by atoms with Crippen molar-refractivity contribution < 1.29 is 13.2 Å². The standard InChI is InChI=1S/C25H26N2O3S/c1-16-11-17(2)13-22(12-16)26-31(29,30)24-15-21(10-9-18(24)3)25(28)27-19(4)14-20-7-5-6-8-23(20)27/h5-13,15,19,26H,14H2,1-4H3/t19-/m0/s1. The van der Waals surface area contributed by atoms with Crippen molar-refractivity contribution in [3.05, 3.63) is 88.5 Å². The third kappa shape index (κ3) is 4.08. The molecule has 0 spiro atoms. The number of benzene rings is 3. The van der Waals surface area contributed by atoms with E-state index in [1.54, 1.807) is 36.1 Å². The topological polar surface area (TPSA) is 66.5 Å². The SMILES string of the molecule is Cc1cc(C)cc(NS(=O)(=O)c2cc(C(=O)N3c4ccccc4C[C@@H]3C)ccc2C)c1. The fourth-order valence-corrected chi connectivity index (χ4v) is 5.59. The number of para-hydroxylation sites is 1. The van der Waals surface area contributed by atoms with E-state index in [0.29, 0.717) is 16.8 Å². The molecule has 31 heavy (non-hydrogen) atoms. The molecule has 0 unspecified atom stereocenters. The highest BCUT2D eigenvalue weighted by Gasteiger charge is 2.32. The van der Waals surface area contributed by atoms with E-state index in [1.165, 1.54) is 6.07 Å². The molecule has 160 valence electrons. The maximum absolute atomic E-state index is 13.4. The van der Waals surface area contributed by atoms with E-state index in [1.807, 2.05) is 51.1 Å². The number of nitrogens with zero attached hydrogens (tertiary/aromatic N) is 1. The van der Waals surface area contributed by atoms with Crippen LogP contribution in [0.4, 0.5) is 11.4 Å². The first-order chi connectivity index (χ1) is 14.7. The Morgan fingerprint density at radius 1 is 0.968 bits per heavy atom. The summed E-state index contributed by atoms with van der Waals surface area (Å²) in [6.07, 6.45) is 0.785. The van der Waals surface area contributed by atoms with Crippen molar-refractivity contribution in [1.29, 1.82) is 0 Å². The number of carbonyl (C=O) groups is 1. The second kappa shape index (κ2) is 7.85. The molecule has 1 atom stereocenters. The van der Waals surface area contributed by atoms with Crippen molar-refractivity contribution in [3.63, 3.8) is 0 Å². The molecule has 1 N–H and O–H groups in total. The van der Waals surface area contributed by atoms with Gasteiger partial charge in [0.05, 0.1) is 4.90 Å². The lowest BCUT2D eigenvalue weighted by Crippen LogP contribution is -2.35. The molecule has 5 nitrogen and oxygen atoms in total. The summed E-state index contributed by atoms with van der Waals surface area (Å²) in [5.41, 5.74) is 5.41. The van der Waals surface area contributed by atoms with Gasteiger partial charge in [0.2, 0.25) is 0 Å². The van der Waals surface area contributed by atoms with Crippen molar-refractivity contribution in [3.8, 4) is 0 Å². The number of amides is 1. The maximum Gasteiger partial charge on any atom is 0.262 e. The van der Waals surface area contributed by atoms with Crippen LogP contribution in [0, 0.1) is 20.8 Å². The van der Waals surface area contributed by atoms with E-state index in [2.05, 4.69) is 4.72 Å². The Morgan fingerprint density at radius 3 is 2.35 bits per heavy atom. The summed E-state index contributed by atoms with van der Waals surface area (Å²) in [5, 5.41) is 0. The summed E-state index contributed by atoms with van der Waals surface area (Å²) >= 11 is 0. The van der Waals surface area contributed by atoms with Gasteiger partial charge >= 0.3 is 0 Å². The van der Waals surface area contributed by atoms with Crippen LogP contribution in [0.5, 0.6) is 0 Å². The minimum absolute atomic E-state index is 0.0136. The van der Waals surface area contributed by atoms with Gasteiger partial charge in [0.1, 0.15) is 0 Å². The molecule has 3 aromatic carbocycles. The lowest BCUT2D eigenvalue weighted by atomic mass is 10.1. The van der Waals surface area contributed by atoms with Crippen molar-refractivity contribution in [2.45, 2.75) is 45.1 Å². The number of fused-ring (bicyclic) bond motifs is 1. The fourth-order valence-electron chi connectivity index (χ4n) is 4.28. The van der Waals surface area contributed by atoms with Crippen molar-refractivity contribution in [2.24, 2.45) is 0 Å². The highest BCUT2D eigenvalue weighted by Crippen LogP contribution is 2.33. The third-order valence-corrected chi connectivity index (χ3v) is 7.15. The Morgan fingerprint density at radius 2 is 1.65 bits per heavy atom. The lowest BCUT2D eigenvalue weighted by molar-refractivity contribution is 0.0981. The quantitative estimate of drug-likeness (QED) is 0.628. The molecular weight excluding hydrogens is 408 g/mol. The van der Waals surface area contributed by atoms with Crippen molar-refractivity contribution in [2.75, 3.05) is 9.62 Å². The number of rotatable bonds is 4. The van der Waals surface area contributed by atoms with Gasteiger partial charge in [-0.25, -0.2) is 8.42 Å². The number of anilines is 2. The third-order valence-electron chi connectivity index (χ3n) is 5.62. The number of aryl methyl sites for hydroxylation is 3. The summed E-state index contributed by atoms with van der Waals surface area (Å²) in [5.74, 6) is -0.194. The summed E-state index contributed by atoms with van der Waals surface area (Å²) in [6.45, 7) is 7.58. The molecule has 0 radical (unpaired) electrons. The molecule has 1 heterocycles. The lowest BCUT2D eigenvalue weighted by Gasteiger charge is -2.23. The summed E-state index contributed by atoms with van der Waals surface area (Å²) in [7, 11) is -3.85. The molecule has 1 aliphatic rings. The predicted octanol–water partition coefficient (Wildman–Crippen LogP) is 5.00. The van der Waals surface area contributed by atoms with Gasteiger partial charge in [-0.05, 0) is 86.7 Å². The molecule has 0 saturated heterocycles. The van der Waals surface area contributed by atoms with Crippen LogP contribution in [-0.4, -0.2) is 20.4 Å². The Bertz CT molecular complexity index is 1260. The van der Waals surface area contributed by atoms with E-state index < -0.39 is 10.0 Å². The summed E-state index contributed by atoms with van der Waals surface area (Å²) < 4.78 is 29.0. The van der Waals surface area contributed by atoms with Gasteiger partial charge in [-0.3, -0.25) is 9.52 Å². The van der Waals surface area contributed by atoms with E-state index in [4.69, 9.17) is 0 Å². The second-order valence-electron chi connectivity index (χ2n) is 8.32. The molecule has 1 aliphatic heterocycles. The van der Waals surface area contributed by atoms with Crippen LogP contribution in [0.25, 0.3) is 0 Å². The fraction of sp³-hybridized carbons (Fsp3) is 0.240. The first kappa shape index (κ1) is 21.1. The smallest absolute Gasteiger partial charge is 0.262 e. The average molecular weight is 435 g/mol. The minimum Gasteiger partial charge on any atom is -0.305 e. The number of sulfonamides is 1. The van der Waals surface area contributed by atoms with Crippen LogP contribution < -0.4 is 9.62 Å². The zero-order valence-electron chi connectivity index (χ0n) is 18.1. The first-order valence-electron chi connectivity index (χ1n) is 10.3.